The van der Waals surface area contributed by atoms with Crippen LogP contribution < -0.4 is 24.8 Å². The Hall–Kier alpha value is -2.33. The normalized spacial score (nSPS) is 18.5. The average molecular weight is 774 g/mol. The summed E-state index contributed by atoms with van der Waals surface area (Å²) in [5, 5.41) is 0. The van der Waals surface area contributed by atoms with Crippen molar-refractivity contribution in [1.82, 2.24) is 9.97 Å². The number of hydrogen-bond acceptors (Lipinski definition) is 2. The Balaban J connectivity index is 0.00000184. The van der Waals surface area contributed by atoms with Gasteiger partial charge < -0.3 is 24.8 Å². The van der Waals surface area contributed by atoms with Crippen molar-refractivity contribution in [3.63, 3.8) is 0 Å². The molecule has 7 rings (SSSR count). The molecule has 2 aromatic carbocycles. The number of aromatic nitrogens is 2. The molecule has 0 bridgehead atoms. The van der Waals surface area contributed by atoms with Gasteiger partial charge >= 0.3 is 251 Å². The maximum Gasteiger partial charge on any atom is -1.00 e. The van der Waals surface area contributed by atoms with Crippen LogP contribution in [-0.4, -0.2) is 9.97 Å². The SMILES string of the molecule is CC1=Cc2c(-c3ccccn3)cc(C(C)C)cc2[CH]1[Hf+2]1([CH]2C(C)=Cc3c(-c4ccccn4)cc(C(C)C)cc32)[CH2][CH2]1.[Cl-].[Cl-]. The predicted octanol–water partition coefficient (Wildman–Crippen LogP) is 4.69. The zero-order chi connectivity index (χ0) is 28.5. The van der Waals surface area contributed by atoms with Crippen LogP contribution in [-0.2, 0) is 20.0 Å². The molecule has 5 heteroatoms. The number of rotatable bonds is 6. The Bertz CT molecular complexity index is 1600. The van der Waals surface area contributed by atoms with Crippen LogP contribution in [0.1, 0.15) is 94.1 Å². The van der Waals surface area contributed by atoms with Crippen molar-refractivity contribution in [2.24, 2.45) is 0 Å². The molecular formula is C38H40Cl2HfN2. The maximum atomic E-state index is 4.81. The van der Waals surface area contributed by atoms with Gasteiger partial charge in [0.05, 0.1) is 0 Å². The molecule has 1 aliphatic heterocycles. The van der Waals surface area contributed by atoms with Crippen molar-refractivity contribution in [3.05, 3.63) is 118 Å². The Morgan fingerprint density at radius 1 is 0.628 bits per heavy atom. The number of halogens is 2. The number of allylic oxidation sites excluding steroid dienone is 2. The van der Waals surface area contributed by atoms with E-state index in [4.69, 9.17) is 9.97 Å². The van der Waals surface area contributed by atoms with Crippen molar-refractivity contribution < 1.29 is 44.8 Å². The molecule has 2 atom stereocenters. The predicted molar refractivity (Wildman–Crippen MR) is 170 cm³/mol. The number of fused-ring (bicyclic) bond motifs is 2. The molecular weight excluding hydrogens is 734 g/mol. The fourth-order valence-corrected chi connectivity index (χ4v) is 36.0. The monoisotopic (exact) mass is 774 g/mol. The largest absolute Gasteiger partial charge is 1.00 e. The minimum absolute atomic E-state index is 0. The number of pyridine rings is 2. The third-order valence-corrected chi connectivity index (χ3v) is 29.7. The summed E-state index contributed by atoms with van der Waals surface area (Å²) in [4.78, 5) is 9.63. The van der Waals surface area contributed by atoms with Crippen LogP contribution in [0.2, 0.25) is 8.35 Å². The zero-order valence-corrected chi connectivity index (χ0v) is 31.1. The van der Waals surface area contributed by atoms with Crippen molar-refractivity contribution in [2.75, 3.05) is 0 Å². The molecule has 0 radical (unpaired) electrons. The second-order valence-electron chi connectivity index (χ2n) is 13.3. The second kappa shape index (κ2) is 12.2. The van der Waals surface area contributed by atoms with E-state index in [1.54, 1.807) is 22.3 Å². The molecule has 2 aliphatic carbocycles. The van der Waals surface area contributed by atoms with Gasteiger partial charge in [-0.15, -0.1) is 0 Å². The maximum absolute atomic E-state index is 4.81. The Morgan fingerprint density at radius 3 is 1.37 bits per heavy atom. The molecule has 1 saturated heterocycles. The smallest absolute Gasteiger partial charge is 1.00 e. The molecule has 3 heterocycles. The van der Waals surface area contributed by atoms with E-state index >= 15 is 0 Å². The third-order valence-electron chi connectivity index (χ3n) is 9.94. The molecule has 0 spiro atoms. The zero-order valence-electron chi connectivity index (χ0n) is 26.0. The summed E-state index contributed by atoms with van der Waals surface area (Å²) in [6.45, 7) is 14.2. The van der Waals surface area contributed by atoms with E-state index in [2.05, 4.69) is 102 Å². The van der Waals surface area contributed by atoms with Crippen molar-refractivity contribution >= 4 is 12.2 Å². The topological polar surface area (TPSA) is 25.8 Å². The Morgan fingerprint density at radius 2 is 1.05 bits per heavy atom. The minimum atomic E-state index is -2.93. The first-order valence-corrected chi connectivity index (χ1v) is 24.6. The summed E-state index contributed by atoms with van der Waals surface area (Å²) in [6, 6.07) is 22.7. The van der Waals surface area contributed by atoms with Gasteiger partial charge in [0.25, 0.3) is 0 Å². The number of hydrogen-bond donors (Lipinski definition) is 0. The molecule has 220 valence electrons. The molecule has 2 unspecified atom stereocenters. The quantitative estimate of drug-likeness (QED) is 0.266. The van der Waals surface area contributed by atoms with Crippen molar-refractivity contribution in [1.29, 1.82) is 0 Å². The molecule has 3 aliphatic rings. The van der Waals surface area contributed by atoms with Gasteiger partial charge in [0.1, 0.15) is 0 Å². The standard InChI is InChI=1S/2C18H18N.C2H4.2ClH.Hf/c2*1-12(2)14-10-15-8-13(3)9-16(15)17(11-14)18-6-4-5-7-19-18;1-2;;;/h2*4-12H,1-3H3;1-2H2;2*1H;/q;;;;;+2/p-2. The molecule has 4 aromatic rings. The van der Waals surface area contributed by atoms with Crippen LogP contribution in [0.25, 0.3) is 34.7 Å². The fourth-order valence-electron chi connectivity index (χ4n) is 7.86. The van der Waals surface area contributed by atoms with Gasteiger partial charge in [0.2, 0.25) is 0 Å². The van der Waals surface area contributed by atoms with E-state index < -0.39 is 20.0 Å². The average Bonchev–Trinajstić information content (AvgIpc) is 3.56. The van der Waals surface area contributed by atoms with Gasteiger partial charge in [-0.05, 0) is 0 Å². The molecule has 43 heavy (non-hydrogen) atoms. The first-order chi connectivity index (χ1) is 19.8. The summed E-state index contributed by atoms with van der Waals surface area (Å²) in [7, 11) is 0. The Labute approximate surface area is 274 Å². The van der Waals surface area contributed by atoms with Gasteiger partial charge in [0, 0.05) is 0 Å². The second-order valence-corrected chi connectivity index (χ2v) is 29.9. The first kappa shape index (κ1) is 32.1. The molecule has 1 fully saturated rings. The third kappa shape index (κ3) is 5.34. The van der Waals surface area contributed by atoms with Gasteiger partial charge in [-0.1, -0.05) is 0 Å². The number of benzene rings is 2. The van der Waals surface area contributed by atoms with Crippen LogP contribution >= 0.6 is 0 Å². The van der Waals surface area contributed by atoms with Gasteiger partial charge in [0.15, 0.2) is 0 Å². The van der Waals surface area contributed by atoms with Gasteiger partial charge in [-0.25, -0.2) is 0 Å². The molecule has 2 nitrogen and oxygen atoms in total. The fraction of sp³-hybridized carbons (Fsp3) is 0.316. The summed E-state index contributed by atoms with van der Waals surface area (Å²) in [5.74, 6) is 0.971. The van der Waals surface area contributed by atoms with Crippen LogP contribution in [0.5, 0.6) is 0 Å². The summed E-state index contributed by atoms with van der Waals surface area (Å²) in [6.07, 6.45) is 8.94. The van der Waals surface area contributed by atoms with Crippen LogP contribution in [0, 0.1) is 0 Å². The summed E-state index contributed by atoms with van der Waals surface area (Å²) in [5.41, 5.74) is 17.0. The van der Waals surface area contributed by atoms with Gasteiger partial charge in [-0.3, -0.25) is 0 Å². The van der Waals surface area contributed by atoms with E-state index in [9.17, 15) is 0 Å². The van der Waals surface area contributed by atoms with Crippen LogP contribution in [0.3, 0.4) is 0 Å². The molecule has 0 saturated carbocycles. The summed E-state index contributed by atoms with van der Waals surface area (Å²) < 4.78 is 4.23. The van der Waals surface area contributed by atoms with Crippen LogP contribution in [0.4, 0.5) is 0 Å². The first-order valence-electron chi connectivity index (χ1n) is 15.3. The molecule has 0 amide bonds. The van der Waals surface area contributed by atoms with E-state index in [0.29, 0.717) is 19.2 Å². The Kier molecular flexibility index (Phi) is 9.12. The van der Waals surface area contributed by atoms with Crippen molar-refractivity contribution in [2.45, 2.75) is 69.1 Å². The number of nitrogens with zero attached hydrogens (tertiary/aromatic N) is 2. The molecule has 0 N–H and O–H groups in total. The molecule has 2 aromatic heterocycles. The van der Waals surface area contributed by atoms with E-state index in [1.165, 1.54) is 41.7 Å². The van der Waals surface area contributed by atoms with E-state index in [0.717, 1.165) is 11.4 Å². The minimum Gasteiger partial charge on any atom is -1.00 e. The van der Waals surface area contributed by atoms with Crippen molar-refractivity contribution in [3.8, 4) is 22.5 Å². The summed E-state index contributed by atoms with van der Waals surface area (Å²) >= 11 is -2.93. The van der Waals surface area contributed by atoms with Crippen LogP contribution in [0.15, 0.2) is 84.2 Å². The van der Waals surface area contributed by atoms with E-state index in [-0.39, 0.29) is 24.8 Å². The van der Waals surface area contributed by atoms with Gasteiger partial charge in [-0.2, -0.15) is 0 Å². The van der Waals surface area contributed by atoms with E-state index in [1.807, 2.05) is 24.5 Å².